The first kappa shape index (κ1) is 13.9. The quantitative estimate of drug-likeness (QED) is 0.665. The fraction of sp³-hybridized carbons (Fsp3) is 1.00. The minimum atomic E-state index is -3.25. The van der Waals surface area contributed by atoms with E-state index in [0.717, 1.165) is 12.8 Å². The molecule has 0 bridgehead atoms. The molecular weight excluding hydrogens is 200 g/mol. The van der Waals surface area contributed by atoms with Gasteiger partial charge >= 0.3 is 0 Å². The van der Waals surface area contributed by atoms with Crippen LogP contribution in [0, 0.1) is 5.41 Å². The van der Waals surface area contributed by atoms with E-state index < -0.39 is 10.2 Å². The molecule has 0 amide bonds. The molecule has 0 aliphatic heterocycles. The molecule has 2 N–H and O–H groups in total. The predicted octanol–water partition coefficient (Wildman–Crippen LogP) is 1.26. The van der Waals surface area contributed by atoms with E-state index in [-0.39, 0.29) is 5.41 Å². The Balaban J connectivity index is 3.65. The lowest BCUT2D eigenvalue weighted by Crippen LogP contribution is -2.37. The van der Waals surface area contributed by atoms with Crippen molar-refractivity contribution in [2.45, 2.75) is 40.5 Å². The molecule has 0 aromatic heterocycles. The van der Waals surface area contributed by atoms with Crippen molar-refractivity contribution in [3.05, 3.63) is 0 Å². The van der Waals surface area contributed by atoms with Crippen molar-refractivity contribution in [2.24, 2.45) is 5.41 Å². The van der Waals surface area contributed by atoms with Gasteiger partial charge in [-0.1, -0.05) is 27.7 Å². The molecule has 0 aliphatic carbocycles. The molecule has 5 heteroatoms. The molecule has 0 saturated heterocycles. The molecule has 14 heavy (non-hydrogen) atoms. The van der Waals surface area contributed by atoms with Gasteiger partial charge in [0.05, 0.1) is 0 Å². The SMILES string of the molecule is CCNS(=O)(=O)NCCCC(C)(C)C. The van der Waals surface area contributed by atoms with Gasteiger partial charge in [-0.25, -0.2) is 9.44 Å². The lowest BCUT2D eigenvalue weighted by molar-refractivity contribution is 0.365. The van der Waals surface area contributed by atoms with Crippen molar-refractivity contribution in [1.82, 2.24) is 9.44 Å². The smallest absolute Gasteiger partial charge is 0.203 e. The summed E-state index contributed by atoms with van der Waals surface area (Å²) in [6, 6.07) is 0. The van der Waals surface area contributed by atoms with E-state index in [4.69, 9.17) is 0 Å². The van der Waals surface area contributed by atoms with Crippen LogP contribution in [-0.2, 0) is 10.2 Å². The normalized spacial score (nSPS) is 13.1. The molecule has 4 nitrogen and oxygen atoms in total. The third kappa shape index (κ3) is 8.47. The summed E-state index contributed by atoms with van der Waals surface area (Å²) in [7, 11) is -3.25. The van der Waals surface area contributed by atoms with Crippen LogP contribution in [0.2, 0.25) is 0 Å². The van der Waals surface area contributed by atoms with Crippen molar-refractivity contribution in [3.8, 4) is 0 Å². The minimum absolute atomic E-state index is 0.267. The van der Waals surface area contributed by atoms with Crippen LogP contribution >= 0.6 is 0 Å². The molecule has 0 atom stereocenters. The highest BCUT2D eigenvalue weighted by molar-refractivity contribution is 7.87. The van der Waals surface area contributed by atoms with Gasteiger partial charge in [0.1, 0.15) is 0 Å². The molecule has 0 unspecified atom stereocenters. The van der Waals surface area contributed by atoms with Gasteiger partial charge in [0, 0.05) is 13.1 Å². The maximum Gasteiger partial charge on any atom is 0.276 e. The summed E-state index contributed by atoms with van der Waals surface area (Å²) in [5, 5.41) is 0. The third-order valence-electron chi connectivity index (χ3n) is 1.73. The lowest BCUT2D eigenvalue weighted by atomic mass is 9.91. The molecule has 0 aromatic carbocycles. The molecule has 0 fully saturated rings. The van der Waals surface area contributed by atoms with Crippen molar-refractivity contribution in [2.75, 3.05) is 13.1 Å². The maximum absolute atomic E-state index is 11.1. The molecule has 86 valence electrons. The highest BCUT2D eigenvalue weighted by Crippen LogP contribution is 2.19. The number of rotatable bonds is 6. The second kappa shape index (κ2) is 5.68. The monoisotopic (exact) mass is 222 g/mol. The van der Waals surface area contributed by atoms with Gasteiger partial charge in [0.2, 0.25) is 0 Å². The molecule has 0 aliphatic rings. The Bertz CT molecular complexity index is 242. The van der Waals surface area contributed by atoms with Crippen LogP contribution in [0.1, 0.15) is 40.5 Å². The fourth-order valence-electron chi connectivity index (χ4n) is 1.07. The molecule has 0 radical (unpaired) electrons. The van der Waals surface area contributed by atoms with Crippen molar-refractivity contribution >= 4 is 10.2 Å². The van der Waals surface area contributed by atoms with Gasteiger partial charge < -0.3 is 0 Å². The Hall–Kier alpha value is -0.130. The van der Waals surface area contributed by atoms with Gasteiger partial charge in [-0.05, 0) is 18.3 Å². The molecule has 0 rings (SSSR count). The van der Waals surface area contributed by atoms with Gasteiger partial charge in [-0.2, -0.15) is 8.42 Å². The molecular formula is C9H22N2O2S. The summed E-state index contributed by atoms with van der Waals surface area (Å²) in [4.78, 5) is 0. The Morgan fingerprint density at radius 2 is 1.71 bits per heavy atom. The standard InChI is InChI=1S/C9H22N2O2S/c1-5-10-14(12,13)11-8-6-7-9(2,3)4/h10-11H,5-8H2,1-4H3. The summed E-state index contributed by atoms with van der Waals surface area (Å²) >= 11 is 0. The third-order valence-corrected chi connectivity index (χ3v) is 2.98. The van der Waals surface area contributed by atoms with E-state index in [0.29, 0.717) is 13.1 Å². The summed E-state index contributed by atoms with van der Waals surface area (Å²) in [5.41, 5.74) is 0.267. The highest BCUT2D eigenvalue weighted by atomic mass is 32.2. The van der Waals surface area contributed by atoms with Crippen LogP contribution in [0.3, 0.4) is 0 Å². The van der Waals surface area contributed by atoms with Crippen LogP contribution in [0.4, 0.5) is 0 Å². The van der Waals surface area contributed by atoms with Crippen LogP contribution < -0.4 is 9.44 Å². The number of hydrogen-bond donors (Lipinski definition) is 2. The van der Waals surface area contributed by atoms with E-state index in [2.05, 4.69) is 30.2 Å². The largest absolute Gasteiger partial charge is 0.276 e. The van der Waals surface area contributed by atoms with E-state index in [1.165, 1.54) is 0 Å². The number of nitrogens with one attached hydrogen (secondary N) is 2. The zero-order valence-corrected chi connectivity index (χ0v) is 10.4. The van der Waals surface area contributed by atoms with Crippen LogP contribution in [-0.4, -0.2) is 21.5 Å². The lowest BCUT2D eigenvalue weighted by Gasteiger charge is -2.17. The maximum atomic E-state index is 11.1. The van der Waals surface area contributed by atoms with Gasteiger partial charge in [0.25, 0.3) is 10.2 Å². The summed E-state index contributed by atoms with van der Waals surface area (Å²) in [6.07, 6.45) is 1.88. The van der Waals surface area contributed by atoms with Crippen LogP contribution in [0.25, 0.3) is 0 Å². The average molecular weight is 222 g/mol. The Labute approximate surface area is 87.7 Å². The summed E-state index contributed by atoms with van der Waals surface area (Å²) in [6.45, 7) is 9.12. The second-order valence-electron chi connectivity index (χ2n) is 4.56. The van der Waals surface area contributed by atoms with Gasteiger partial charge in [-0.3, -0.25) is 0 Å². The topological polar surface area (TPSA) is 58.2 Å². The van der Waals surface area contributed by atoms with Crippen molar-refractivity contribution in [3.63, 3.8) is 0 Å². The first-order valence-electron chi connectivity index (χ1n) is 5.01. The predicted molar refractivity (Wildman–Crippen MR) is 59.3 cm³/mol. The van der Waals surface area contributed by atoms with Crippen LogP contribution in [0.15, 0.2) is 0 Å². The Kier molecular flexibility index (Phi) is 5.63. The minimum Gasteiger partial charge on any atom is -0.203 e. The molecule has 0 saturated carbocycles. The van der Waals surface area contributed by atoms with Crippen LogP contribution in [0.5, 0.6) is 0 Å². The zero-order valence-electron chi connectivity index (χ0n) is 9.55. The Morgan fingerprint density at radius 3 is 2.14 bits per heavy atom. The van der Waals surface area contributed by atoms with E-state index in [1.54, 1.807) is 6.92 Å². The molecule has 0 aromatic rings. The summed E-state index contributed by atoms with van der Waals surface area (Å²) < 4.78 is 27.1. The molecule has 0 heterocycles. The average Bonchev–Trinajstić information content (AvgIpc) is 1.96. The van der Waals surface area contributed by atoms with Crippen molar-refractivity contribution < 1.29 is 8.42 Å². The number of hydrogen-bond acceptors (Lipinski definition) is 2. The first-order valence-corrected chi connectivity index (χ1v) is 6.49. The second-order valence-corrected chi connectivity index (χ2v) is 6.14. The van der Waals surface area contributed by atoms with Gasteiger partial charge in [-0.15, -0.1) is 0 Å². The zero-order chi connectivity index (χ0) is 11.2. The van der Waals surface area contributed by atoms with E-state index in [1.807, 2.05) is 0 Å². The first-order chi connectivity index (χ1) is 6.27. The fourth-order valence-corrected chi connectivity index (χ4v) is 1.96. The highest BCUT2D eigenvalue weighted by Gasteiger charge is 2.11. The van der Waals surface area contributed by atoms with E-state index in [9.17, 15) is 8.42 Å². The van der Waals surface area contributed by atoms with Crippen molar-refractivity contribution in [1.29, 1.82) is 0 Å². The molecule has 0 spiro atoms. The van der Waals surface area contributed by atoms with E-state index >= 15 is 0 Å². The Morgan fingerprint density at radius 1 is 1.14 bits per heavy atom. The summed E-state index contributed by atoms with van der Waals surface area (Å²) in [5.74, 6) is 0. The van der Waals surface area contributed by atoms with Gasteiger partial charge in [0.15, 0.2) is 0 Å².